The van der Waals surface area contributed by atoms with Gasteiger partial charge in [-0.05, 0) is 59.9 Å². The molecule has 1 aromatic heterocycles. The number of hydrogen-bond acceptors (Lipinski definition) is 6. The minimum absolute atomic E-state index is 0.0407. The summed E-state index contributed by atoms with van der Waals surface area (Å²) in [5.74, 6) is 0.890. The lowest BCUT2D eigenvalue weighted by Crippen LogP contribution is -2.45. The van der Waals surface area contributed by atoms with Crippen LogP contribution in [0.5, 0.6) is 5.75 Å². The summed E-state index contributed by atoms with van der Waals surface area (Å²) in [5.41, 5.74) is 9.21. The fraction of sp³-hybridized carbons (Fsp3) is 0.400. The molecule has 3 aromatic rings. The Kier molecular flexibility index (Phi) is 9.20. The Balaban J connectivity index is 1.43. The Morgan fingerprint density at radius 2 is 1.68 bits per heavy atom. The molecule has 2 heterocycles. The monoisotopic (exact) mass is 517 g/mol. The van der Waals surface area contributed by atoms with E-state index in [1.54, 1.807) is 13.3 Å². The fourth-order valence-electron chi connectivity index (χ4n) is 4.99. The Labute approximate surface area is 225 Å². The van der Waals surface area contributed by atoms with Crippen LogP contribution >= 0.6 is 0 Å². The van der Waals surface area contributed by atoms with Crippen LogP contribution in [0.25, 0.3) is 11.1 Å². The van der Waals surface area contributed by atoms with Crippen LogP contribution in [0.2, 0.25) is 0 Å². The van der Waals surface area contributed by atoms with Gasteiger partial charge in [0.15, 0.2) is 0 Å². The number of amides is 1. The van der Waals surface area contributed by atoms with Crippen molar-refractivity contribution in [2.45, 2.75) is 32.9 Å². The summed E-state index contributed by atoms with van der Waals surface area (Å²) >= 11 is 0. The number of anilines is 1. The van der Waals surface area contributed by atoms with Crippen LogP contribution in [0.15, 0.2) is 71.7 Å². The van der Waals surface area contributed by atoms with E-state index in [9.17, 15) is 9.59 Å². The first-order chi connectivity index (χ1) is 18.4. The number of pyridine rings is 1. The molecule has 1 saturated heterocycles. The Bertz CT molecular complexity index is 1250. The van der Waals surface area contributed by atoms with E-state index in [2.05, 4.69) is 39.4 Å². The first-order valence-corrected chi connectivity index (χ1v) is 13.3. The van der Waals surface area contributed by atoms with Gasteiger partial charge in [0, 0.05) is 50.2 Å². The van der Waals surface area contributed by atoms with Crippen molar-refractivity contribution in [3.8, 4) is 16.9 Å². The Morgan fingerprint density at radius 3 is 2.29 bits per heavy atom. The Hall–Kier alpha value is -3.62. The van der Waals surface area contributed by atoms with Gasteiger partial charge in [0.1, 0.15) is 11.8 Å². The maximum Gasteiger partial charge on any atom is 0.259 e. The second-order valence-electron chi connectivity index (χ2n) is 10.2. The van der Waals surface area contributed by atoms with Crippen molar-refractivity contribution in [1.82, 2.24) is 14.8 Å². The van der Waals surface area contributed by atoms with Gasteiger partial charge in [-0.1, -0.05) is 38.1 Å². The normalized spacial score (nSPS) is 14.9. The van der Waals surface area contributed by atoms with Crippen molar-refractivity contribution >= 4 is 11.6 Å². The third kappa shape index (κ3) is 6.62. The highest BCUT2D eigenvalue weighted by atomic mass is 16.5. The zero-order valence-corrected chi connectivity index (χ0v) is 22.6. The molecule has 8 heteroatoms. The molecular weight excluding hydrogens is 478 g/mol. The number of piperazine rings is 1. The minimum Gasteiger partial charge on any atom is -0.497 e. The lowest BCUT2D eigenvalue weighted by Gasteiger charge is -2.36. The van der Waals surface area contributed by atoms with Gasteiger partial charge in [-0.3, -0.25) is 14.5 Å². The number of nitrogens with zero attached hydrogens (tertiary/aromatic N) is 3. The van der Waals surface area contributed by atoms with Crippen LogP contribution < -0.4 is 26.2 Å². The number of aromatic nitrogens is 1. The highest BCUT2D eigenvalue weighted by molar-refractivity contribution is 5.80. The quantitative estimate of drug-likeness (QED) is 0.400. The van der Waals surface area contributed by atoms with E-state index in [0.29, 0.717) is 12.0 Å². The Morgan fingerprint density at radius 1 is 1.00 bits per heavy atom. The van der Waals surface area contributed by atoms with Crippen LogP contribution in [0.4, 0.5) is 5.69 Å². The topological polar surface area (TPSA) is 92.8 Å². The van der Waals surface area contributed by atoms with Crippen LogP contribution in [0.1, 0.15) is 31.9 Å². The molecule has 38 heavy (non-hydrogen) atoms. The third-order valence-electron chi connectivity index (χ3n) is 7.06. The van der Waals surface area contributed by atoms with E-state index in [1.807, 2.05) is 50.2 Å². The smallest absolute Gasteiger partial charge is 0.259 e. The van der Waals surface area contributed by atoms with Gasteiger partial charge < -0.3 is 25.3 Å². The molecule has 4 rings (SSSR count). The molecule has 0 spiro atoms. The molecule has 0 saturated carbocycles. The molecule has 1 aliphatic rings. The molecular formula is C30H39N5O3. The minimum atomic E-state index is -0.598. The van der Waals surface area contributed by atoms with Gasteiger partial charge in [0.2, 0.25) is 5.91 Å². The van der Waals surface area contributed by atoms with Crippen molar-refractivity contribution in [2.24, 2.45) is 11.7 Å². The van der Waals surface area contributed by atoms with Crippen molar-refractivity contribution < 1.29 is 9.53 Å². The second-order valence-corrected chi connectivity index (χ2v) is 10.2. The number of methoxy groups -OCH3 is 1. The first-order valence-electron chi connectivity index (χ1n) is 13.3. The molecule has 1 unspecified atom stereocenters. The average molecular weight is 518 g/mol. The molecule has 8 nitrogen and oxygen atoms in total. The van der Waals surface area contributed by atoms with Crippen LogP contribution in [-0.2, 0) is 11.3 Å². The number of ether oxygens (including phenoxy) is 1. The van der Waals surface area contributed by atoms with E-state index in [-0.39, 0.29) is 24.1 Å². The molecule has 1 amide bonds. The molecule has 3 N–H and O–H groups in total. The highest BCUT2D eigenvalue weighted by Crippen LogP contribution is 2.24. The SMILES string of the molecule is COc1ccc(CN2CCN(c3ccc(-c4cccn(C(CC(C)C)C(=O)NCN)c4=O)cc3)CC2)cc1. The van der Waals surface area contributed by atoms with Crippen LogP contribution in [0, 0.1) is 5.92 Å². The maximum absolute atomic E-state index is 13.4. The zero-order valence-electron chi connectivity index (χ0n) is 22.6. The fourth-order valence-corrected chi connectivity index (χ4v) is 4.99. The summed E-state index contributed by atoms with van der Waals surface area (Å²) in [5, 5.41) is 2.67. The van der Waals surface area contributed by atoms with Crippen molar-refractivity contribution in [3.63, 3.8) is 0 Å². The zero-order chi connectivity index (χ0) is 27.1. The maximum atomic E-state index is 13.4. The van der Waals surface area contributed by atoms with Gasteiger partial charge in [-0.15, -0.1) is 0 Å². The number of nitrogens with one attached hydrogen (secondary N) is 1. The van der Waals surface area contributed by atoms with Gasteiger partial charge in [-0.25, -0.2) is 0 Å². The van der Waals surface area contributed by atoms with E-state index >= 15 is 0 Å². The largest absolute Gasteiger partial charge is 0.497 e. The first kappa shape index (κ1) is 27.4. The number of rotatable bonds is 10. The molecule has 1 fully saturated rings. The lowest BCUT2D eigenvalue weighted by atomic mass is 10.0. The third-order valence-corrected chi connectivity index (χ3v) is 7.06. The molecule has 2 aromatic carbocycles. The summed E-state index contributed by atoms with van der Waals surface area (Å²) in [6.07, 6.45) is 2.24. The lowest BCUT2D eigenvalue weighted by molar-refractivity contribution is -0.124. The van der Waals surface area contributed by atoms with Crippen molar-refractivity contribution in [2.75, 3.05) is 44.9 Å². The number of carbonyl (C=O) groups excluding carboxylic acids is 1. The summed E-state index contributed by atoms with van der Waals surface area (Å²) in [4.78, 5) is 31.0. The van der Waals surface area contributed by atoms with E-state index in [4.69, 9.17) is 10.5 Å². The van der Waals surface area contributed by atoms with Crippen molar-refractivity contribution in [1.29, 1.82) is 0 Å². The van der Waals surface area contributed by atoms with E-state index in [0.717, 1.165) is 49.7 Å². The van der Waals surface area contributed by atoms with Gasteiger partial charge in [0.05, 0.1) is 13.8 Å². The van der Waals surface area contributed by atoms with Crippen LogP contribution in [0.3, 0.4) is 0 Å². The van der Waals surface area contributed by atoms with E-state index < -0.39 is 6.04 Å². The summed E-state index contributed by atoms with van der Waals surface area (Å²) in [7, 11) is 1.68. The highest BCUT2D eigenvalue weighted by Gasteiger charge is 2.23. The summed E-state index contributed by atoms with van der Waals surface area (Å²) in [6, 6.07) is 19.5. The summed E-state index contributed by atoms with van der Waals surface area (Å²) < 4.78 is 6.79. The molecule has 1 atom stereocenters. The van der Waals surface area contributed by atoms with Gasteiger partial charge in [0.25, 0.3) is 5.56 Å². The van der Waals surface area contributed by atoms with Crippen LogP contribution in [-0.4, -0.2) is 55.3 Å². The number of nitrogens with two attached hydrogens (primary N) is 1. The van der Waals surface area contributed by atoms with Crippen molar-refractivity contribution in [3.05, 3.63) is 82.8 Å². The second kappa shape index (κ2) is 12.8. The standard InChI is InChI=1S/C30H39N5O3/c1-22(2)19-28(29(36)32-21-31)35-14-4-5-27(30(35)37)24-8-10-25(11-9-24)34-17-15-33(16-18-34)20-23-6-12-26(38-3)13-7-23/h4-14,22,28H,15-21,31H2,1-3H3,(H,32,36). The van der Waals surface area contributed by atoms with E-state index in [1.165, 1.54) is 10.1 Å². The predicted molar refractivity (Wildman–Crippen MR) is 152 cm³/mol. The molecule has 0 aliphatic carbocycles. The molecule has 0 bridgehead atoms. The average Bonchev–Trinajstić information content (AvgIpc) is 2.93. The number of benzene rings is 2. The number of carbonyl (C=O) groups is 1. The molecule has 202 valence electrons. The molecule has 1 aliphatic heterocycles. The number of hydrogen-bond donors (Lipinski definition) is 2. The molecule has 0 radical (unpaired) electrons. The predicted octanol–water partition coefficient (Wildman–Crippen LogP) is 3.47. The van der Waals surface area contributed by atoms with Gasteiger partial charge in [-0.2, -0.15) is 0 Å². The van der Waals surface area contributed by atoms with Gasteiger partial charge >= 0.3 is 0 Å². The summed E-state index contributed by atoms with van der Waals surface area (Å²) in [6.45, 7) is 8.90.